The number of benzene rings is 1. The predicted octanol–water partition coefficient (Wildman–Crippen LogP) is 2.32. The maximum Gasteiger partial charge on any atom is 0.220 e. The third-order valence-corrected chi connectivity index (χ3v) is 2.39. The van der Waals surface area contributed by atoms with Crippen molar-refractivity contribution in [2.75, 3.05) is 13.7 Å². The van der Waals surface area contributed by atoms with Crippen LogP contribution in [0, 0.1) is 0 Å². The van der Waals surface area contributed by atoms with E-state index in [9.17, 15) is 4.79 Å². The predicted molar refractivity (Wildman–Crippen MR) is 69.1 cm³/mol. The Morgan fingerprint density at radius 3 is 2.53 bits per heavy atom. The van der Waals surface area contributed by atoms with Crippen LogP contribution in [0.2, 0.25) is 0 Å². The summed E-state index contributed by atoms with van der Waals surface area (Å²) in [5.74, 6) is 0.893. The molecule has 3 heteroatoms. The normalized spacial score (nSPS) is 9.76. The lowest BCUT2D eigenvalue weighted by molar-refractivity contribution is -0.120. The van der Waals surface area contributed by atoms with Gasteiger partial charge in [-0.05, 0) is 31.0 Å². The Kier molecular flexibility index (Phi) is 5.27. The summed E-state index contributed by atoms with van der Waals surface area (Å²) in [6.07, 6.45) is 1.24. The fourth-order valence-corrected chi connectivity index (χ4v) is 1.39. The molecule has 0 spiro atoms. The number of hydrogen-bond acceptors (Lipinski definition) is 2. The molecule has 0 fully saturated rings. The number of methoxy groups -OCH3 is 1. The molecule has 0 atom stereocenters. The van der Waals surface area contributed by atoms with Crippen LogP contribution in [0.5, 0.6) is 5.75 Å². The van der Waals surface area contributed by atoms with E-state index in [0.717, 1.165) is 23.3 Å². The highest BCUT2D eigenvalue weighted by Gasteiger charge is 2.01. The summed E-state index contributed by atoms with van der Waals surface area (Å²) in [5.41, 5.74) is 2.10. The average Bonchev–Trinajstić information content (AvgIpc) is 2.34. The van der Waals surface area contributed by atoms with E-state index in [4.69, 9.17) is 4.74 Å². The third kappa shape index (κ3) is 5.20. The van der Waals surface area contributed by atoms with E-state index in [0.29, 0.717) is 13.0 Å². The topological polar surface area (TPSA) is 38.3 Å². The number of rotatable bonds is 6. The largest absolute Gasteiger partial charge is 0.497 e. The van der Waals surface area contributed by atoms with Crippen LogP contribution in [0.4, 0.5) is 0 Å². The van der Waals surface area contributed by atoms with Gasteiger partial charge in [-0.1, -0.05) is 24.3 Å². The molecule has 92 valence electrons. The monoisotopic (exact) mass is 233 g/mol. The van der Waals surface area contributed by atoms with Crippen molar-refractivity contribution >= 4 is 5.91 Å². The zero-order valence-corrected chi connectivity index (χ0v) is 10.5. The molecule has 0 unspecified atom stereocenters. The van der Waals surface area contributed by atoms with Crippen LogP contribution >= 0.6 is 0 Å². The first-order chi connectivity index (χ1) is 8.11. The smallest absolute Gasteiger partial charge is 0.220 e. The Labute approximate surface area is 102 Å². The van der Waals surface area contributed by atoms with Crippen LogP contribution in [0.25, 0.3) is 0 Å². The van der Waals surface area contributed by atoms with Crippen molar-refractivity contribution in [3.8, 4) is 5.75 Å². The summed E-state index contributed by atoms with van der Waals surface area (Å²) in [6, 6.07) is 7.76. The van der Waals surface area contributed by atoms with Crippen molar-refractivity contribution in [2.45, 2.75) is 19.8 Å². The zero-order chi connectivity index (χ0) is 12.7. The van der Waals surface area contributed by atoms with Gasteiger partial charge in [0, 0.05) is 13.0 Å². The summed E-state index contributed by atoms with van der Waals surface area (Å²) in [4.78, 5) is 11.5. The van der Waals surface area contributed by atoms with E-state index in [1.54, 1.807) is 7.11 Å². The molecule has 0 aliphatic heterocycles. The van der Waals surface area contributed by atoms with Gasteiger partial charge in [0.15, 0.2) is 0 Å². The number of carbonyl (C=O) groups is 1. The van der Waals surface area contributed by atoms with Crippen molar-refractivity contribution in [3.63, 3.8) is 0 Å². The van der Waals surface area contributed by atoms with Crippen molar-refractivity contribution in [3.05, 3.63) is 42.0 Å². The van der Waals surface area contributed by atoms with Gasteiger partial charge in [0.05, 0.1) is 7.11 Å². The number of ether oxygens (including phenoxy) is 1. The zero-order valence-electron chi connectivity index (χ0n) is 10.5. The maximum absolute atomic E-state index is 11.5. The van der Waals surface area contributed by atoms with Crippen LogP contribution in [0.15, 0.2) is 36.4 Å². The molecule has 1 amide bonds. The highest BCUT2D eigenvalue weighted by atomic mass is 16.5. The number of hydrogen-bond donors (Lipinski definition) is 1. The Balaban J connectivity index is 2.34. The second-order valence-corrected chi connectivity index (χ2v) is 4.08. The van der Waals surface area contributed by atoms with Crippen LogP contribution in [0.3, 0.4) is 0 Å². The van der Waals surface area contributed by atoms with Gasteiger partial charge in [0.25, 0.3) is 0 Å². The molecular weight excluding hydrogens is 214 g/mol. The number of nitrogens with one attached hydrogen (secondary N) is 1. The second-order valence-electron chi connectivity index (χ2n) is 4.08. The fraction of sp³-hybridized carbons (Fsp3) is 0.357. The van der Waals surface area contributed by atoms with Crippen molar-refractivity contribution in [1.29, 1.82) is 0 Å². The van der Waals surface area contributed by atoms with Gasteiger partial charge < -0.3 is 10.1 Å². The van der Waals surface area contributed by atoms with Gasteiger partial charge in [-0.3, -0.25) is 4.79 Å². The van der Waals surface area contributed by atoms with E-state index in [1.807, 2.05) is 31.2 Å². The molecule has 1 N–H and O–H groups in total. The third-order valence-electron chi connectivity index (χ3n) is 2.39. The molecule has 0 bridgehead atoms. The summed E-state index contributed by atoms with van der Waals surface area (Å²) >= 11 is 0. The van der Waals surface area contributed by atoms with E-state index in [2.05, 4.69) is 11.9 Å². The fourth-order valence-electron chi connectivity index (χ4n) is 1.39. The highest BCUT2D eigenvalue weighted by molar-refractivity contribution is 5.76. The Bertz CT molecular complexity index is 382. The van der Waals surface area contributed by atoms with E-state index < -0.39 is 0 Å². The van der Waals surface area contributed by atoms with Gasteiger partial charge in [0.1, 0.15) is 5.75 Å². The highest BCUT2D eigenvalue weighted by Crippen LogP contribution is 2.12. The van der Waals surface area contributed by atoms with Gasteiger partial charge in [-0.15, -0.1) is 0 Å². The molecule has 0 saturated heterocycles. The van der Waals surface area contributed by atoms with Crippen molar-refractivity contribution in [2.24, 2.45) is 0 Å². The minimum Gasteiger partial charge on any atom is -0.497 e. The lowest BCUT2D eigenvalue weighted by Crippen LogP contribution is -2.24. The number of carbonyl (C=O) groups excluding carboxylic acids is 1. The molecule has 0 aliphatic rings. The summed E-state index contributed by atoms with van der Waals surface area (Å²) < 4.78 is 5.07. The average molecular weight is 233 g/mol. The van der Waals surface area contributed by atoms with Crippen LogP contribution in [-0.4, -0.2) is 19.6 Å². The molecule has 3 nitrogen and oxygen atoms in total. The quantitative estimate of drug-likeness (QED) is 0.766. The summed E-state index contributed by atoms with van der Waals surface area (Å²) in [7, 11) is 1.64. The molecular formula is C14H19NO2. The number of amides is 1. The molecule has 0 radical (unpaired) electrons. The van der Waals surface area contributed by atoms with E-state index in [1.165, 1.54) is 0 Å². The number of aryl methyl sites for hydroxylation is 1. The van der Waals surface area contributed by atoms with Crippen LogP contribution in [0.1, 0.15) is 18.9 Å². The molecule has 1 rings (SSSR count). The lowest BCUT2D eigenvalue weighted by Gasteiger charge is -2.05. The minimum atomic E-state index is 0.0591. The Hall–Kier alpha value is -1.77. The molecule has 0 saturated carbocycles. The Morgan fingerprint density at radius 2 is 2.00 bits per heavy atom. The first kappa shape index (κ1) is 13.3. The van der Waals surface area contributed by atoms with E-state index in [-0.39, 0.29) is 5.91 Å². The Morgan fingerprint density at radius 1 is 1.35 bits per heavy atom. The lowest BCUT2D eigenvalue weighted by atomic mass is 10.1. The van der Waals surface area contributed by atoms with Crippen molar-refractivity contribution < 1.29 is 9.53 Å². The first-order valence-corrected chi connectivity index (χ1v) is 5.66. The minimum absolute atomic E-state index is 0.0591. The molecule has 0 aliphatic carbocycles. The maximum atomic E-state index is 11.5. The second kappa shape index (κ2) is 6.74. The molecule has 1 aromatic carbocycles. The summed E-state index contributed by atoms with van der Waals surface area (Å²) in [5, 5.41) is 2.81. The van der Waals surface area contributed by atoms with Gasteiger partial charge in [-0.2, -0.15) is 0 Å². The molecule has 1 aromatic rings. The van der Waals surface area contributed by atoms with Crippen LogP contribution in [-0.2, 0) is 11.2 Å². The molecule has 0 heterocycles. The SMILES string of the molecule is C=C(C)CNC(=O)CCc1ccc(OC)cc1. The van der Waals surface area contributed by atoms with Gasteiger partial charge in [0.2, 0.25) is 5.91 Å². The summed E-state index contributed by atoms with van der Waals surface area (Å²) in [6.45, 7) is 6.19. The molecule has 17 heavy (non-hydrogen) atoms. The van der Waals surface area contributed by atoms with E-state index >= 15 is 0 Å². The van der Waals surface area contributed by atoms with Gasteiger partial charge in [-0.25, -0.2) is 0 Å². The van der Waals surface area contributed by atoms with Crippen LogP contribution < -0.4 is 10.1 Å². The standard InChI is InChI=1S/C14H19NO2/c1-11(2)10-15-14(16)9-6-12-4-7-13(17-3)8-5-12/h4-5,7-8H,1,6,9-10H2,2-3H3,(H,15,16). The molecule has 0 aromatic heterocycles. The first-order valence-electron chi connectivity index (χ1n) is 5.66. The van der Waals surface area contributed by atoms with Crippen molar-refractivity contribution in [1.82, 2.24) is 5.32 Å². The van der Waals surface area contributed by atoms with Gasteiger partial charge >= 0.3 is 0 Å².